The predicted molar refractivity (Wildman–Crippen MR) is 176 cm³/mol. The van der Waals surface area contributed by atoms with Gasteiger partial charge in [-0.25, -0.2) is 4.39 Å². The van der Waals surface area contributed by atoms with Crippen LogP contribution in [0.25, 0.3) is 0 Å². The standard InChI is InChI=1S/C23H29FN2O.C14H22N2/c1-16-14-19(24)15-17(2)20(16)22(27)25-21(18-10-6-5-7-11-18)23(26(3)4)12-8-9-13-23;1-16(2)14(10-6-7-11-14)13(15)12-8-4-3-5-9-12/h5-7,10-11,14-15,21H,8-9,12-13H2,1-4H3,(H,25,27);3-5,8-9,13H,6-7,10-11,15H2,1-2H3. The van der Waals surface area contributed by atoms with Crippen molar-refractivity contribution >= 4 is 5.91 Å². The maximum atomic E-state index is 13.7. The molecule has 5 nitrogen and oxygen atoms in total. The third kappa shape index (κ3) is 7.03. The summed E-state index contributed by atoms with van der Waals surface area (Å²) in [5.74, 6) is -0.436. The van der Waals surface area contributed by atoms with Crippen molar-refractivity contribution in [1.29, 1.82) is 0 Å². The van der Waals surface area contributed by atoms with Gasteiger partial charge in [-0.3, -0.25) is 4.79 Å². The van der Waals surface area contributed by atoms with Crippen molar-refractivity contribution < 1.29 is 9.18 Å². The Hall–Kier alpha value is -3.06. The second-order valence-corrected chi connectivity index (χ2v) is 13.0. The van der Waals surface area contributed by atoms with Crippen molar-refractivity contribution in [1.82, 2.24) is 15.1 Å². The lowest BCUT2D eigenvalue weighted by atomic mass is 9.82. The average Bonchev–Trinajstić information content (AvgIpc) is 3.68. The molecule has 5 rings (SSSR count). The number of amides is 1. The first-order chi connectivity index (χ1) is 20.5. The summed E-state index contributed by atoms with van der Waals surface area (Å²) in [5.41, 5.74) is 10.8. The van der Waals surface area contributed by atoms with Gasteiger partial charge in [-0.2, -0.15) is 0 Å². The molecule has 2 atom stereocenters. The Balaban J connectivity index is 0.000000225. The van der Waals surface area contributed by atoms with Crippen LogP contribution in [0.2, 0.25) is 0 Å². The Labute approximate surface area is 258 Å². The molecule has 3 N–H and O–H groups in total. The van der Waals surface area contributed by atoms with Gasteiger partial charge in [-0.05, 0) is 102 Å². The van der Waals surface area contributed by atoms with E-state index in [2.05, 4.69) is 79.7 Å². The molecule has 2 unspecified atom stereocenters. The fraction of sp³-hybridized carbons (Fsp3) is 0.486. The maximum Gasteiger partial charge on any atom is 0.252 e. The third-order valence-corrected chi connectivity index (χ3v) is 10.1. The Morgan fingerprint density at radius 1 is 0.744 bits per heavy atom. The molecule has 2 saturated carbocycles. The minimum atomic E-state index is -0.304. The first kappa shape index (κ1) is 32.8. The van der Waals surface area contributed by atoms with E-state index in [0.29, 0.717) is 16.7 Å². The van der Waals surface area contributed by atoms with E-state index in [1.807, 2.05) is 24.3 Å². The lowest BCUT2D eigenvalue weighted by Gasteiger charge is -2.44. The number of likely N-dealkylation sites (N-methyl/N-ethyl adjacent to an activating group) is 2. The Kier molecular flexibility index (Phi) is 10.8. The summed E-state index contributed by atoms with van der Waals surface area (Å²) in [5, 5.41) is 3.31. The topological polar surface area (TPSA) is 61.6 Å². The van der Waals surface area contributed by atoms with E-state index in [-0.39, 0.29) is 34.9 Å². The number of halogens is 1. The molecule has 6 heteroatoms. The van der Waals surface area contributed by atoms with E-state index >= 15 is 0 Å². The quantitative estimate of drug-likeness (QED) is 0.290. The van der Waals surface area contributed by atoms with Gasteiger partial charge in [0, 0.05) is 22.7 Å². The van der Waals surface area contributed by atoms with E-state index in [1.54, 1.807) is 13.8 Å². The molecule has 3 aromatic rings. The van der Waals surface area contributed by atoms with Crippen LogP contribution in [0.4, 0.5) is 4.39 Å². The van der Waals surface area contributed by atoms with Crippen LogP contribution in [0.15, 0.2) is 72.8 Å². The number of hydrogen-bond acceptors (Lipinski definition) is 4. The zero-order valence-corrected chi connectivity index (χ0v) is 27.0. The summed E-state index contributed by atoms with van der Waals surface area (Å²) < 4.78 is 13.7. The van der Waals surface area contributed by atoms with Crippen LogP contribution in [0.3, 0.4) is 0 Å². The first-order valence-corrected chi connectivity index (χ1v) is 15.8. The van der Waals surface area contributed by atoms with Gasteiger partial charge in [-0.15, -0.1) is 0 Å². The normalized spacial score (nSPS) is 18.7. The lowest BCUT2D eigenvalue weighted by molar-refractivity contribution is 0.0765. The minimum absolute atomic E-state index is 0.112. The summed E-state index contributed by atoms with van der Waals surface area (Å²) in [6.07, 6.45) is 9.45. The molecule has 3 aromatic carbocycles. The highest BCUT2D eigenvalue weighted by Gasteiger charge is 2.45. The van der Waals surface area contributed by atoms with Crippen molar-refractivity contribution in [3.8, 4) is 0 Å². The van der Waals surface area contributed by atoms with Gasteiger partial charge in [0.2, 0.25) is 0 Å². The number of nitrogens with two attached hydrogens (primary N) is 1. The highest BCUT2D eigenvalue weighted by Crippen LogP contribution is 2.44. The number of rotatable bonds is 8. The molecular formula is C37H51FN4O. The summed E-state index contributed by atoms with van der Waals surface area (Å²) in [6, 6.07) is 23.6. The number of nitrogens with one attached hydrogen (secondary N) is 1. The minimum Gasteiger partial charge on any atom is -0.343 e. The van der Waals surface area contributed by atoms with E-state index in [1.165, 1.54) is 43.4 Å². The second-order valence-electron chi connectivity index (χ2n) is 13.0. The number of hydrogen-bond donors (Lipinski definition) is 2. The van der Waals surface area contributed by atoms with Crippen molar-refractivity contribution in [3.05, 3.63) is 106 Å². The summed E-state index contributed by atoms with van der Waals surface area (Å²) in [4.78, 5) is 17.8. The van der Waals surface area contributed by atoms with Crippen LogP contribution in [0.1, 0.15) is 96.1 Å². The molecule has 43 heavy (non-hydrogen) atoms. The molecule has 2 aliphatic carbocycles. The van der Waals surface area contributed by atoms with Crippen LogP contribution < -0.4 is 11.1 Å². The van der Waals surface area contributed by atoms with Crippen molar-refractivity contribution in [2.24, 2.45) is 5.73 Å². The highest BCUT2D eigenvalue weighted by molar-refractivity contribution is 5.97. The molecule has 0 saturated heterocycles. The zero-order chi connectivity index (χ0) is 31.2. The van der Waals surface area contributed by atoms with Gasteiger partial charge < -0.3 is 20.9 Å². The van der Waals surface area contributed by atoms with E-state index in [9.17, 15) is 9.18 Å². The molecule has 0 bridgehead atoms. The molecule has 0 aliphatic heterocycles. The van der Waals surface area contributed by atoms with Gasteiger partial charge in [-0.1, -0.05) is 86.3 Å². The Morgan fingerprint density at radius 2 is 1.16 bits per heavy atom. The summed E-state index contributed by atoms with van der Waals surface area (Å²) in [7, 11) is 8.52. The number of aryl methyl sites for hydroxylation is 2. The number of carbonyl (C=O) groups is 1. The van der Waals surface area contributed by atoms with Gasteiger partial charge >= 0.3 is 0 Å². The van der Waals surface area contributed by atoms with Crippen LogP contribution in [-0.2, 0) is 0 Å². The summed E-state index contributed by atoms with van der Waals surface area (Å²) in [6.45, 7) is 3.58. The SMILES string of the molecule is CN(C)C1(C(N)c2ccccc2)CCCC1.Cc1cc(F)cc(C)c1C(=O)NC(c1ccccc1)C1(N(C)C)CCCC1. The average molecular weight is 587 g/mol. The molecule has 2 fully saturated rings. The molecule has 2 aliphatic rings. The third-order valence-electron chi connectivity index (χ3n) is 10.1. The van der Waals surface area contributed by atoms with Gasteiger partial charge in [0.1, 0.15) is 5.82 Å². The first-order valence-electron chi connectivity index (χ1n) is 15.8. The second kappa shape index (κ2) is 14.1. The van der Waals surface area contributed by atoms with Crippen molar-refractivity contribution in [2.75, 3.05) is 28.2 Å². The van der Waals surface area contributed by atoms with Crippen LogP contribution in [0, 0.1) is 19.7 Å². The maximum absolute atomic E-state index is 13.7. The lowest BCUT2D eigenvalue weighted by Crippen LogP contribution is -2.53. The fourth-order valence-corrected chi connectivity index (χ4v) is 7.62. The number of carbonyl (C=O) groups excluding carboxylic acids is 1. The molecule has 232 valence electrons. The molecule has 0 heterocycles. The highest BCUT2D eigenvalue weighted by atomic mass is 19.1. The smallest absolute Gasteiger partial charge is 0.252 e. The molecular weight excluding hydrogens is 535 g/mol. The number of nitrogens with zero attached hydrogens (tertiary/aromatic N) is 2. The van der Waals surface area contributed by atoms with E-state index in [4.69, 9.17) is 5.73 Å². The van der Waals surface area contributed by atoms with Crippen LogP contribution in [0.5, 0.6) is 0 Å². The predicted octanol–water partition coefficient (Wildman–Crippen LogP) is 7.35. The summed E-state index contributed by atoms with van der Waals surface area (Å²) >= 11 is 0. The molecule has 0 aromatic heterocycles. The Bertz CT molecular complexity index is 1310. The van der Waals surface area contributed by atoms with Gasteiger partial charge in [0.05, 0.1) is 6.04 Å². The zero-order valence-electron chi connectivity index (χ0n) is 27.0. The largest absolute Gasteiger partial charge is 0.343 e. The molecule has 0 radical (unpaired) electrons. The van der Waals surface area contributed by atoms with E-state index < -0.39 is 0 Å². The number of benzene rings is 3. The van der Waals surface area contributed by atoms with Crippen LogP contribution in [-0.4, -0.2) is 55.0 Å². The monoisotopic (exact) mass is 586 g/mol. The Morgan fingerprint density at radius 3 is 1.60 bits per heavy atom. The van der Waals surface area contributed by atoms with Crippen LogP contribution >= 0.6 is 0 Å². The van der Waals surface area contributed by atoms with Crippen molar-refractivity contribution in [2.45, 2.75) is 88.4 Å². The van der Waals surface area contributed by atoms with Gasteiger partial charge in [0.15, 0.2) is 0 Å². The van der Waals surface area contributed by atoms with E-state index in [0.717, 1.165) is 31.2 Å². The fourth-order valence-electron chi connectivity index (χ4n) is 7.62. The van der Waals surface area contributed by atoms with Crippen molar-refractivity contribution in [3.63, 3.8) is 0 Å². The molecule has 1 amide bonds. The molecule has 0 spiro atoms. The van der Waals surface area contributed by atoms with Gasteiger partial charge in [0.25, 0.3) is 5.91 Å².